The molecule has 1 fully saturated rings. The summed E-state index contributed by atoms with van der Waals surface area (Å²) in [6, 6.07) is 8.94. The smallest absolute Gasteiger partial charge is 0.324 e. The first kappa shape index (κ1) is 15.0. The first-order valence-electron chi connectivity index (χ1n) is 6.99. The van der Waals surface area contributed by atoms with Gasteiger partial charge in [0.15, 0.2) is 0 Å². The number of rotatable bonds is 4. The molecule has 110 valence electrons. The fraction of sp³-hybridized carbons (Fsp3) is 0.312. The number of imide groups is 1. The van der Waals surface area contributed by atoms with Crippen LogP contribution in [0.15, 0.2) is 36.4 Å². The summed E-state index contributed by atoms with van der Waals surface area (Å²) in [6.07, 6.45) is 5.41. The molecule has 5 heteroatoms. The van der Waals surface area contributed by atoms with Crippen LogP contribution in [-0.2, 0) is 9.59 Å². The Hall–Kier alpha value is -2.43. The summed E-state index contributed by atoms with van der Waals surface area (Å²) in [7, 11) is 0. The summed E-state index contributed by atoms with van der Waals surface area (Å²) in [5.74, 6) is -0.470. The number of hydrogen-bond acceptors (Lipinski definition) is 3. The predicted octanol–water partition coefficient (Wildman–Crippen LogP) is 1.94. The van der Waals surface area contributed by atoms with Gasteiger partial charge in [-0.05, 0) is 24.5 Å². The minimum atomic E-state index is -0.470. The summed E-state index contributed by atoms with van der Waals surface area (Å²) in [5.41, 5.74) is 0.866. The van der Waals surface area contributed by atoms with Crippen molar-refractivity contribution < 1.29 is 14.4 Å². The molecule has 0 radical (unpaired) electrons. The Kier molecular flexibility index (Phi) is 5.26. The number of carbonyl (C=O) groups is 3. The van der Waals surface area contributed by atoms with E-state index in [1.807, 2.05) is 30.3 Å². The minimum absolute atomic E-state index is 0.215. The zero-order valence-corrected chi connectivity index (χ0v) is 11.8. The standard InChI is InChI=1S/C16H18N2O3/c19-13-12-18(16(21)17-10-4-5-11-17)15(20)9-8-14-6-2-1-3-7-14/h1-3,6-9,13H,4-5,10-12H2. The van der Waals surface area contributed by atoms with Crippen molar-refractivity contribution in [3.8, 4) is 0 Å². The summed E-state index contributed by atoms with van der Waals surface area (Å²) < 4.78 is 0. The number of benzene rings is 1. The van der Waals surface area contributed by atoms with Crippen molar-refractivity contribution in [3.63, 3.8) is 0 Å². The molecule has 2 rings (SSSR count). The maximum absolute atomic E-state index is 12.2. The van der Waals surface area contributed by atoms with E-state index in [-0.39, 0.29) is 12.6 Å². The van der Waals surface area contributed by atoms with Gasteiger partial charge in [0.2, 0.25) is 0 Å². The highest BCUT2D eigenvalue weighted by molar-refractivity contribution is 6.03. The van der Waals surface area contributed by atoms with Gasteiger partial charge in [-0.1, -0.05) is 30.3 Å². The van der Waals surface area contributed by atoms with E-state index in [0.29, 0.717) is 19.4 Å². The van der Waals surface area contributed by atoms with E-state index in [0.717, 1.165) is 23.3 Å². The van der Waals surface area contributed by atoms with Crippen LogP contribution >= 0.6 is 0 Å². The Morgan fingerprint density at radius 1 is 1.14 bits per heavy atom. The van der Waals surface area contributed by atoms with Crippen LogP contribution in [0, 0.1) is 0 Å². The lowest BCUT2D eigenvalue weighted by Crippen LogP contribution is -2.45. The molecule has 3 amide bonds. The van der Waals surface area contributed by atoms with Gasteiger partial charge in [0.25, 0.3) is 5.91 Å². The van der Waals surface area contributed by atoms with E-state index >= 15 is 0 Å². The molecule has 0 saturated carbocycles. The maximum Gasteiger partial charge on any atom is 0.327 e. The van der Waals surface area contributed by atoms with E-state index in [2.05, 4.69) is 0 Å². The average Bonchev–Trinajstić information content (AvgIpc) is 3.05. The van der Waals surface area contributed by atoms with Crippen molar-refractivity contribution >= 4 is 24.3 Å². The molecule has 0 bridgehead atoms. The maximum atomic E-state index is 12.2. The third-order valence-electron chi connectivity index (χ3n) is 3.35. The molecular formula is C16H18N2O3. The summed E-state index contributed by atoms with van der Waals surface area (Å²) in [6.45, 7) is 1.07. The first-order valence-corrected chi connectivity index (χ1v) is 6.99. The van der Waals surface area contributed by atoms with Gasteiger partial charge in [-0.15, -0.1) is 0 Å². The van der Waals surface area contributed by atoms with Gasteiger partial charge in [0, 0.05) is 19.2 Å². The molecule has 1 aromatic carbocycles. The fourth-order valence-electron chi connectivity index (χ4n) is 2.24. The Labute approximate surface area is 123 Å². The molecule has 0 aromatic heterocycles. The van der Waals surface area contributed by atoms with Gasteiger partial charge in [0.05, 0.1) is 6.54 Å². The number of amides is 3. The number of carbonyl (C=O) groups excluding carboxylic acids is 3. The predicted molar refractivity (Wildman–Crippen MR) is 79.5 cm³/mol. The minimum Gasteiger partial charge on any atom is -0.324 e. The molecule has 1 aromatic rings. The topological polar surface area (TPSA) is 57.7 Å². The molecule has 0 unspecified atom stereocenters. The Morgan fingerprint density at radius 3 is 2.43 bits per heavy atom. The summed E-state index contributed by atoms with van der Waals surface area (Å²) in [5, 5.41) is 0. The van der Waals surface area contributed by atoms with E-state index in [1.165, 1.54) is 6.08 Å². The Morgan fingerprint density at radius 2 is 1.81 bits per heavy atom. The molecule has 0 aliphatic carbocycles. The number of likely N-dealkylation sites (tertiary alicyclic amines) is 1. The molecule has 1 heterocycles. The van der Waals surface area contributed by atoms with Gasteiger partial charge in [-0.3, -0.25) is 9.69 Å². The normalized spacial score (nSPS) is 14.4. The molecule has 1 aliphatic rings. The number of urea groups is 1. The molecule has 1 aliphatic heterocycles. The molecule has 5 nitrogen and oxygen atoms in total. The average molecular weight is 286 g/mol. The van der Waals surface area contributed by atoms with E-state index in [4.69, 9.17) is 0 Å². The van der Waals surface area contributed by atoms with Crippen LogP contribution in [0.5, 0.6) is 0 Å². The highest BCUT2D eigenvalue weighted by Crippen LogP contribution is 2.11. The van der Waals surface area contributed by atoms with Crippen molar-refractivity contribution in [2.24, 2.45) is 0 Å². The van der Waals surface area contributed by atoms with E-state index in [9.17, 15) is 14.4 Å². The lowest BCUT2D eigenvalue weighted by molar-refractivity contribution is -0.126. The second-order valence-electron chi connectivity index (χ2n) is 4.84. The molecule has 0 atom stereocenters. The molecule has 0 N–H and O–H groups in total. The molecule has 21 heavy (non-hydrogen) atoms. The monoisotopic (exact) mass is 286 g/mol. The van der Waals surface area contributed by atoms with Crippen LogP contribution < -0.4 is 0 Å². The molecule has 1 saturated heterocycles. The highest BCUT2D eigenvalue weighted by atomic mass is 16.2. The van der Waals surface area contributed by atoms with Crippen LogP contribution in [0.25, 0.3) is 6.08 Å². The van der Waals surface area contributed by atoms with E-state index in [1.54, 1.807) is 11.0 Å². The lowest BCUT2D eigenvalue weighted by atomic mass is 10.2. The number of nitrogens with zero attached hydrogens (tertiary/aromatic N) is 2. The summed E-state index contributed by atoms with van der Waals surface area (Å²) >= 11 is 0. The van der Waals surface area contributed by atoms with Gasteiger partial charge in [0.1, 0.15) is 6.29 Å². The first-order chi connectivity index (χ1) is 10.2. The quantitative estimate of drug-likeness (QED) is 0.628. The van der Waals surface area contributed by atoms with Gasteiger partial charge >= 0.3 is 6.03 Å². The second-order valence-corrected chi connectivity index (χ2v) is 4.84. The van der Waals surface area contributed by atoms with Crippen LogP contribution in [0.1, 0.15) is 18.4 Å². The van der Waals surface area contributed by atoms with Crippen molar-refractivity contribution in [1.82, 2.24) is 9.80 Å². The SMILES string of the molecule is O=CCN(C(=O)C=Cc1ccccc1)C(=O)N1CCCC1. The molecule has 0 spiro atoms. The highest BCUT2D eigenvalue weighted by Gasteiger charge is 2.26. The van der Waals surface area contributed by atoms with Crippen LogP contribution in [0.4, 0.5) is 4.79 Å². The van der Waals surface area contributed by atoms with Gasteiger partial charge < -0.3 is 9.69 Å². The van der Waals surface area contributed by atoms with Crippen molar-refractivity contribution in [3.05, 3.63) is 42.0 Å². The van der Waals surface area contributed by atoms with Crippen LogP contribution in [0.3, 0.4) is 0 Å². The third-order valence-corrected chi connectivity index (χ3v) is 3.35. The largest absolute Gasteiger partial charge is 0.327 e. The third kappa shape index (κ3) is 4.02. The number of aldehydes is 1. The lowest BCUT2D eigenvalue weighted by Gasteiger charge is -2.23. The Bertz CT molecular complexity index is 534. The number of hydrogen-bond donors (Lipinski definition) is 0. The zero-order valence-electron chi connectivity index (χ0n) is 11.8. The van der Waals surface area contributed by atoms with Crippen molar-refractivity contribution in [1.29, 1.82) is 0 Å². The van der Waals surface area contributed by atoms with Crippen LogP contribution in [-0.4, -0.2) is 47.7 Å². The Balaban J connectivity index is 2.06. The van der Waals surface area contributed by atoms with Crippen molar-refractivity contribution in [2.45, 2.75) is 12.8 Å². The zero-order chi connectivity index (χ0) is 15.1. The fourth-order valence-corrected chi connectivity index (χ4v) is 2.24. The van der Waals surface area contributed by atoms with Crippen LogP contribution in [0.2, 0.25) is 0 Å². The summed E-state index contributed by atoms with van der Waals surface area (Å²) in [4.78, 5) is 37.7. The van der Waals surface area contributed by atoms with Gasteiger partial charge in [-0.25, -0.2) is 4.79 Å². The second kappa shape index (κ2) is 7.38. The van der Waals surface area contributed by atoms with Crippen molar-refractivity contribution in [2.75, 3.05) is 19.6 Å². The van der Waals surface area contributed by atoms with E-state index < -0.39 is 5.91 Å². The van der Waals surface area contributed by atoms with Gasteiger partial charge in [-0.2, -0.15) is 0 Å². The molecular weight excluding hydrogens is 268 g/mol.